The van der Waals surface area contributed by atoms with E-state index in [0.717, 1.165) is 25.9 Å². The molecule has 0 aromatic rings. The normalized spacial score (nSPS) is 15.8. The van der Waals surface area contributed by atoms with Gasteiger partial charge in [-0.1, -0.05) is 27.7 Å². The molecule has 1 heterocycles. The van der Waals surface area contributed by atoms with E-state index >= 15 is 0 Å². The Balaban J connectivity index is 2.77. The predicted octanol–water partition coefficient (Wildman–Crippen LogP) is 1.09. The average molecular weight is 283 g/mol. The minimum absolute atomic E-state index is 0.164. The van der Waals surface area contributed by atoms with Crippen LogP contribution in [0.25, 0.3) is 0 Å². The first kappa shape index (κ1) is 17.0. The van der Waals surface area contributed by atoms with Crippen LogP contribution in [0.4, 0.5) is 0 Å². The van der Waals surface area contributed by atoms with Crippen molar-refractivity contribution < 1.29 is 9.59 Å². The van der Waals surface area contributed by atoms with Gasteiger partial charge in [-0.15, -0.1) is 0 Å². The van der Waals surface area contributed by atoms with E-state index < -0.39 is 0 Å². The van der Waals surface area contributed by atoms with Crippen LogP contribution in [0.15, 0.2) is 0 Å². The lowest BCUT2D eigenvalue weighted by molar-refractivity contribution is -0.154. The Bertz CT molecular complexity index is 321. The van der Waals surface area contributed by atoms with Crippen molar-refractivity contribution >= 4 is 11.8 Å². The molecule has 0 radical (unpaired) electrons. The van der Waals surface area contributed by atoms with Gasteiger partial charge in [0.1, 0.15) is 0 Å². The number of carbonyl (C=O) groups is 2. The maximum Gasteiger partial charge on any atom is 0.312 e. The van der Waals surface area contributed by atoms with Crippen LogP contribution in [0, 0.1) is 5.92 Å². The standard InChI is InChI=1S/C15H29N3O2/c1-5-13(6-2)18(11-12(3)4)15(20)14(19)17-9-7-16-8-10-17/h12-13,16H,5-11H2,1-4H3. The number of carbonyl (C=O) groups excluding carboxylic acids is 2. The monoisotopic (exact) mass is 283 g/mol. The van der Waals surface area contributed by atoms with Crippen LogP contribution in [-0.4, -0.2) is 60.4 Å². The molecule has 1 rings (SSSR count). The molecule has 1 fully saturated rings. The number of amides is 2. The van der Waals surface area contributed by atoms with E-state index in [2.05, 4.69) is 33.0 Å². The number of hydrogen-bond acceptors (Lipinski definition) is 3. The van der Waals surface area contributed by atoms with Crippen molar-refractivity contribution in [3.63, 3.8) is 0 Å². The minimum atomic E-state index is -0.334. The van der Waals surface area contributed by atoms with E-state index in [1.54, 1.807) is 9.80 Å². The lowest BCUT2D eigenvalue weighted by Gasteiger charge is -2.34. The summed E-state index contributed by atoms with van der Waals surface area (Å²) in [7, 11) is 0. The molecule has 0 aromatic carbocycles. The molecule has 0 unspecified atom stereocenters. The first-order valence-corrected chi connectivity index (χ1v) is 7.81. The Morgan fingerprint density at radius 2 is 1.70 bits per heavy atom. The third kappa shape index (κ3) is 4.47. The molecular weight excluding hydrogens is 254 g/mol. The lowest BCUT2D eigenvalue weighted by Crippen LogP contribution is -2.54. The summed E-state index contributed by atoms with van der Waals surface area (Å²) in [5, 5.41) is 3.20. The number of rotatable bonds is 5. The van der Waals surface area contributed by atoms with Crippen molar-refractivity contribution in [1.82, 2.24) is 15.1 Å². The van der Waals surface area contributed by atoms with Gasteiger partial charge in [-0.25, -0.2) is 0 Å². The molecule has 1 aliphatic rings. The van der Waals surface area contributed by atoms with Gasteiger partial charge in [0.05, 0.1) is 0 Å². The molecule has 5 nitrogen and oxygen atoms in total. The molecule has 1 saturated heterocycles. The summed E-state index contributed by atoms with van der Waals surface area (Å²) in [5.74, 6) is -0.288. The quantitative estimate of drug-likeness (QED) is 0.769. The van der Waals surface area contributed by atoms with E-state index in [9.17, 15) is 9.59 Å². The van der Waals surface area contributed by atoms with Gasteiger partial charge in [0.2, 0.25) is 0 Å². The van der Waals surface area contributed by atoms with Gasteiger partial charge < -0.3 is 15.1 Å². The van der Waals surface area contributed by atoms with Crippen LogP contribution in [-0.2, 0) is 9.59 Å². The Morgan fingerprint density at radius 1 is 1.15 bits per heavy atom. The fourth-order valence-electron chi connectivity index (χ4n) is 2.65. The molecule has 5 heteroatoms. The Morgan fingerprint density at radius 3 is 2.15 bits per heavy atom. The first-order valence-electron chi connectivity index (χ1n) is 7.81. The molecule has 0 bridgehead atoms. The number of nitrogens with one attached hydrogen (secondary N) is 1. The van der Waals surface area contributed by atoms with Gasteiger partial charge >= 0.3 is 11.8 Å². The summed E-state index contributed by atoms with van der Waals surface area (Å²) in [4.78, 5) is 28.4. The van der Waals surface area contributed by atoms with Crippen molar-refractivity contribution in [2.24, 2.45) is 5.92 Å². The fourth-order valence-corrected chi connectivity index (χ4v) is 2.65. The molecule has 0 saturated carbocycles. The van der Waals surface area contributed by atoms with E-state index in [-0.39, 0.29) is 17.9 Å². The topological polar surface area (TPSA) is 52.7 Å². The van der Waals surface area contributed by atoms with Crippen molar-refractivity contribution in [3.05, 3.63) is 0 Å². The second-order valence-electron chi connectivity index (χ2n) is 5.86. The molecule has 20 heavy (non-hydrogen) atoms. The largest absolute Gasteiger partial charge is 0.332 e. The predicted molar refractivity (Wildman–Crippen MR) is 80.4 cm³/mol. The molecule has 1 aliphatic heterocycles. The summed E-state index contributed by atoms with van der Waals surface area (Å²) in [6.45, 7) is 11.8. The number of nitrogens with zero attached hydrogens (tertiary/aromatic N) is 2. The molecule has 1 N–H and O–H groups in total. The second-order valence-corrected chi connectivity index (χ2v) is 5.86. The van der Waals surface area contributed by atoms with Crippen LogP contribution >= 0.6 is 0 Å². The summed E-state index contributed by atoms with van der Waals surface area (Å²) in [6, 6.07) is 0.164. The second kappa shape index (κ2) is 8.25. The van der Waals surface area contributed by atoms with Gasteiger partial charge in [-0.05, 0) is 18.8 Å². The molecule has 0 aromatic heterocycles. The Kier molecular flexibility index (Phi) is 6.99. The zero-order chi connectivity index (χ0) is 15.1. The molecule has 0 spiro atoms. The fraction of sp³-hybridized carbons (Fsp3) is 0.867. The van der Waals surface area contributed by atoms with E-state index in [1.807, 2.05) is 0 Å². The SMILES string of the molecule is CCC(CC)N(CC(C)C)C(=O)C(=O)N1CCNCC1. The van der Waals surface area contributed by atoms with E-state index in [4.69, 9.17) is 0 Å². The van der Waals surface area contributed by atoms with Crippen molar-refractivity contribution in [2.45, 2.75) is 46.6 Å². The van der Waals surface area contributed by atoms with Gasteiger partial charge in [0, 0.05) is 38.8 Å². The van der Waals surface area contributed by atoms with Crippen LogP contribution < -0.4 is 5.32 Å². The maximum atomic E-state index is 12.6. The minimum Gasteiger partial charge on any atom is -0.332 e. The van der Waals surface area contributed by atoms with Gasteiger partial charge in [-0.2, -0.15) is 0 Å². The maximum absolute atomic E-state index is 12.6. The van der Waals surface area contributed by atoms with E-state index in [0.29, 0.717) is 25.6 Å². The van der Waals surface area contributed by atoms with Crippen LogP contribution in [0.2, 0.25) is 0 Å². The highest BCUT2D eigenvalue weighted by Crippen LogP contribution is 2.13. The average Bonchev–Trinajstić information content (AvgIpc) is 2.46. The first-order chi connectivity index (χ1) is 9.51. The highest BCUT2D eigenvalue weighted by atomic mass is 16.2. The van der Waals surface area contributed by atoms with Crippen LogP contribution in [0.3, 0.4) is 0 Å². The summed E-state index contributed by atoms with van der Waals surface area (Å²) < 4.78 is 0. The lowest BCUT2D eigenvalue weighted by atomic mass is 10.1. The van der Waals surface area contributed by atoms with Crippen molar-refractivity contribution in [2.75, 3.05) is 32.7 Å². The highest BCUT2D eigenvalue weighted by molar-refractivity contribution is 6.35. The van der Waals surface area contributed by atoms with Crippen molar-refractivity contribution in [1.29, 1.82) is 0 Å². The Hall–Kier alpha value is -1.10. The zero-order valence-electron chi connectivity index (χ0n) is 13.3. The number of hydrogen-bond donors (Lipinski definition) is 1. The van der Waals surface area contributed by atoms with Gasteiger partial charge in [-0.3, -0.25) is 9.59 Å². The molecule has 2 amide bonds. The number of piperazine rings is 1. The molecular formula is C15H29N3O2. The third-order valence-corrected chi connectivity index (χ3v) is 3.79. The smallest absolute Gasteiger partial charge is 0.312 e. The zero-order valence-corrected chi connectivity index (χ0v) is 13.3. The molecule has 0 atom stereocenters. The summed E-state index contributed by atoms with van der Waals surface area (Å²) in [6.07, 6.45) is 1.79. The van der Waals surface area contributed by atoms with Crippen LogP contribution in [0.5, 0.6) is 0 Å². The molecule has 116 valence electrons. The Labute approximate surface area is 122 Å². The third-order valence-electron chi connectivity index (χ3n) is 3.79. The molecule has 0 aliphatic carbocycles. The van der Waals surface area contributed by atoms with E-state index in [1.165, 1.54) is 0 Å². The van der Waals surface area contributed by atoms with Crippen LogP contribution in [0.1, 0.15) is 40.5 Å². The van der Waals surface area contributed by atoms with Crippen molar-refractivity contribution in [3.8, 4) is 0 Å². The highest BCUT2D eigenvalue weighted by Gasteiger charge is 2.31. The summed E-state index contributed by atoms with van der Waals surface area (Å²) >= 11 is 0. The van der Waals surface area contributed by atoms with Gasteiger partial charge in [0.15, 0.2) is 0 Å². The summed E-state index contributed by atoms with van der Waals surface area (Å²) in [5.41, 5.74) is 0. The van der Waals surface area contributed by atoms with Gasteiger partial charge in [0.25, 0.3) is 0 Å².